The van der Waals surface area contributed by atoms with Gasteiger partial charge in [0.1, 0.15) is 5.78 Å². The van der Waals surface area contributed by atoms with E-state index in [1.165, 1.54) is 4.90 Å². The Morgan fingerprint density at radius 1 is 1.31 bits per heavy atom. The van der Waals surface area contributed by atoms with Gasteiger partial charge in [0.05, 0.1) is 0 Å². The number of amides is 1. The van der Waals surface area contributed by atoms with E-state index in [9.17, 15) is 9.59 Å². The maximum Gasteiger partial charge on any atom is 0.407 e. The van der Waals surface area contributed by atoms with Crippen LogP contribution in [0.15, 0.2) is 30.3 Å². The third kappa shape index (κ3) is 2.21. The second kappa shape index (κ2) is 4.35. The van der Waals surface area contributed by atoms with Crippen LogP contribution in [-0.4, -0.2) is 27.9 Å². The lowest BCUT2D eigenvalue weighted by Crippen LogP contribution is -2.47. The molecule has 0 unspecified atom stereocenters. The molecule has 0 aromatic heterocycles. The van der Waals surface area contributed by atoms with Crippen LogP contribution >= 0.6 is 0 Å². The Morgan fingerprint density at radius 2 is 1.94 bits per heavy atom. The van der Waals surface area contributed by atoms with Crippen molar-refractivity contribution in [1.82, 2.24) is 4.90 Å². The van der Waals surface area contributed by atoms with E-state index >= 15 is 0 Å². The molecule has 0 heterocycles. The zero-order valence-corrected chi connectivity index (χ0v) is 8.80. The maximum absolute atomic E-state index is 11.1. The summed E-state index contributed by atoms with van der Waals surface area (Å²) in [5.41, 5.74) is 0.948. The van der Waals surface area contributed by atoms with Gasteiger partial charge in [0.15, 0.2) is 0 Å². The van der Waals surface area contributed by atoms with E-state index < -0.39 is 6.09 Å². The van der Waals surface area contributed by atoms with Gasteiger partial charge in [-0.2, -0.15) is 0 Å². The zero-order chi connectivity index (χ0) is 11.5. The lowest BCUT2D eigenvalue weighted by molar-refractivity contribution is -0.127. The molecule has 4 nitrogen and oxygen atoms in total. The second-order valence-electron chi connectivity index (χ2n) is 4.00. The molecule has 16 heavy (non-hydrogen) atoms. The van der Waals surface area contributed by atoms with Crippen LogP contribution < -0.4 is 0 Å². The summed E-state index contributed by atoms with van der Waals surface area (Å²) in [6.45, 7) is 0.355. The largest absolute Gasteiger partial charge is 0.465 e. The van der Waals surface area contributed by atoms with Gasteiger partial charge in [-0.15, -0.1) is 0 Å². The predicted octanol–water partition coefficient (Wildman–Crippen LogP) is 1.90. The number of carboxylic acid groups (broad SMARTS) is 1. The first-order valence-corrected chi connectivity index (χ1v) is 5.22. The van der Waals surface area contributed by atoms with Crippen LogP contribution in [0.4, 0.5) is 4.79 Å². The van der Waals surface area contributed by atoms with Gasteiger partial charge in [-0.1, -0.05) is 30.3 Å². The number of carbonyl (C=O) groups is 2. The summed E-state index contributed by atoms with van der Waals surface area (Å²) in [4.78, 5) is 23.3. The summed E-state index contributed by atoms with van der Waals surface area (Å²) in [7, 11) is 0. The van der Waals surface area contributed by atoms with Crippen molar-refractivity contribution >= 4 is 11.9 Å². The molecule has 0 saturated heterocycles. The highest BCUT2D eigenvalue weighted by Crippen LogP contribution is 2.23. The molecule has 1 fully saturated rings. The molecule has 4 heteroatoms. The number of Topliss-reactive ketones (excluding diaryl/α,β-unsaturated/α-hetero) is 1. The highest BCUT2D eigenvalue weighted by molar-refractivity contribution is 5.87. The molecule has 1 amide bonds. The summed E-state index contributed by atoms with van der Waals surface area (Å²) >= 11 is 0. The highest BCUT2D eigenvalue weighted by Gasteiger charge is 2.34. The van der Waals surface area contributed by atoms with E-state index in [1.807, 2.05) is 30.3 Å². The van der Waals surface area contributed by atoms with E-state index in [1.54, 1.807) is 0 Å². The van der Waals surface area contributed by atoms with Gasteiger partial charge >= 0.3 is 6.09 Å². The first-order chi connectivity index (χ1) is 7.66. The number of hydrogen-bond donors (Lipinski definition) is 1. The van der Waals surface area contributed by atoms with Crippen LogP contribution in [0.5, 0.6) is 0 Å². The third-order valence-electron chi connectivity index (χ3n) is 2.81. The van der Waals surface area contributed by atoms with Gasteiger partial charge in [0, 0.05) is 25.4 Å². The van der Waals surface area contributed by atoms with Gasteiger partial charge in [0.25, 0.3) is 0 Å². The standard InChI is InChI=1S/C12H13NO3/c14-11-6-10(7-11)13(12(15)16)8-9-4-2-1-3-5-9/h1-5,10H,6-8H2,(H,15,16). The molecule has 2 rings (SSSR count). The van der Waals surface area contributed by atoms with Crippen LogP contribution in [0.1, 0.15) is 18.4 Å². The first-order valence-electron chi connectivity index (χ1n) is 5.22. The molecule has 0 radical (unpaired) electrons. The van der Waals surface area contributed by atoms with Crippen LogP contribution in [0.2, 0.25) is 0 Å². The smallest absolute Gasteiger partial charge is 0.407 e. The summed E-state index contributed by atoms with van der Waals surface area (Å²) < 4.78 is 0. The summed E-state index contributed by atoms with van der Waals surface area (Å²) in [6.07, 6.45) is -0.237. The minimum atomic E-state index is -0.957. The molecule has 0 aliphatic heterocycles. The SMILES string of the molecule is O=C1CC(N(Cc2ccccc2)C(=O)O)C1. The number of carbonyl (C=O) groups excluding carboxylic acids is 1. The molecular weight excluding hydrogens is 206 g/mol. The fourth-order valence-corrected chi connectivity index (χ4v) is 1.82. The van der Waals surface area contributed by atoms with Crippen LogP contribution in [0.25, 0.3) is 0 Å². The summed E-state index contributed by atoms with van der Waals surface area (Å²) in [5.74, 6) is 0.143. The van der Waals surface area contributed by atoms with Crippen LogP contribution in [-0.2, 0) is 11.3 Å². The van der Waals surface area contributed by atoms with Gasteiger partial charge in [-0.25, -0.2) is 4.79 Å². The van der Waals surface area contributed by atoms with Crippen molar-refractivity contribution in [2.24, 2.45) is 0 Å². The molecule has 1 aliphatic carbocycles. The average molecular weight is 219 g/mol. The normalized spacial score (nSPS) is 15.6. The van der Waals surface area contributed by atoms with Crippen molar-refractivity contribution in [3.63, 3.8) is 0 Å². The highest BCUT2D eigenvalue weighted by atomic mass is 16.4. The Labute approximate surface area is 93.5 Å². The van der Waals surface area contributed by atoms with Gasteiger partial charge in [-0.3, -0.25) is 4.79 Å². The van der Waals surface area contributed by atoms with E-state index in [4.69, 9.17) is 5.11 Å². The topological polar surface area (TPSA) is 57.6 Å². The number of hydrogen-bond acceptors (Lipinski definition) is 2. The monoisotopic (exact) mass is 219 g/mol. The summed E-state index contributed by atoms with van der Waals surface area (Å²) in [6, 6.07) is 9.28. The van der Waals surface area contributed by atoms with Crippen molar-refractivity contribution in [2.75, 3.05) is 0 Å². The van der Waals surface area contributed by atoms with Gasteiger partial charge < -0.3 is 10.0 Å². The first kappa shape index (κ1) is 10.7. The zero-order valence-electron chi connectivity index (χ0n) is 8.80. The fraction of sp³-hybridized carbons (Fsp3) is 0.333. The quantitative estimate of drug-likeness (QED) is 0.844. The Balaban J connectivity index is 2.04. The van der Waals surface area contributed by atoms with Gasteiger partial charge in [0.2, 0.25) is 0 Å². The lowest BCUT2D eigenvalue weighted by atomic mass is 9.90. The number of rotatable bonds is 3. The molecule has 1 saturated carbocycles. The van der Waals surface area contributed by atoms with Crippen molar-refractivity contribution in [3.05, 3.63) is 35.9 Å². The Kier molecular flexibility index (Phi) is 2.90. The van der Waals surface area contributed by atoms with Crippen molar-refractivity contribution < 1.29 is 14.7 Å². The number of nitrogens with zero attached hydrogens (tertiary/aromatic N) is 1. The van der Waals surface area contributed by atoms with E-state index in [0.29, 0.717) is 19.4 Å². The molecule has 84 valence electrons. The maximum atomic E-state index is 11.1. The Morgan fingerprint density at radius 3 is 2.44 bits per heavy atom. The van der Waals surface area contributed by atoms with E-state index in [-0.39, 0.29) is 11.8 Å². The number of benzene rings is 1. The van der Waals surface area contributed by atoms with Gasteiger partial charge in [-0.05, 0) is 5.56 Å². The van der Waals surface area contributed by atoms with Crippen molar-refractivity contribution in [2.45, 2.75) is 25.4 Å². The van der Waals surface area contributed by atoms with Crippen LogP contribution in [0.3, 0.4) is 0 Å². The molecule has 0 atom stereocenters. The molecule has 0 spiro atoms. The summed E-state index contributed by atoms with van der Waals surface area (Å²) in [5, 5.41) is 9.07. The second-order valence-corrected chi connectivity index (χ2v) is 4.00. The van der Waals surface area contributed by atoms with E-state index in [0.717, 1.165) is 5.56 Å². The fourth-order valence-electron chi connectivity index (χ4n) is 1.82. The molecule has 1 N–H and O–H groups in total. The molecule has 1 aromatic rings. The number of ketones is 1. The van der Waals surface area contributed by atoms with Crippen molar-refractivity contribution in [1.29, 1.82) is 0 Å². The average Bonchev–Trinajstić information content (AvgIpc) is 2.23. The predicted molar refractivity (Wildman–Crippen MR) is 58.0 cm³/mol. The molecule has 0 bridgehead atoms. The Hall–Kier alpha value is -1.84. The van der Waals surface area contributed by atoms with Crippen LogP contribution in [0, 0.1) is 0 Å². The molecule has 1 aromatic carbocycles. The minimum absolute atomic E-state index is 0.134. The Bertz CT molecular complexity index is 394. The third-order valence-corrected chi connectivity index (χ3v) is 2.81. The minimum Gasteiger partial charge on any atom is -0.465 e. The van der Waals surface area contributed by atoms with E-state index in [2.05, 4.69) is 0 Å². The lowest BCUT2D eigenvalue weighted by Gasteiger charge is -2.34. The molecular formula is C12H13NO3. The molecule has 1 aliphatic rings. The van der Waals surface area contributed by atoms with Crippen molar-refractivity contribution in [3.8, 4) is 0 Å².